The lowest BCUT2D eigenvalue weighted by Crippen LogP contribution is -2.29. The van der Waals surface area contributed by atoms with Gasteiger partial charge in [0.25, 0.3) is 0 Å². The molecule has 1 N–H and O–H groups in total. The number of nitrogens with zero attached hydrogens (tertiary/aromatic N) is 3. The van der Waals surface area contributed by atoms with Crippen molar-refractivity contribution in [3.63, 3.8) is 0 Å². The molecule has 0 saturated heterocycles. The highest BCUT2D eigenvalue weighted by Crippen LogP contribution is 2.37. The van der Waals surface area contributed by atoms with Gasteiger partial charge in [-0.2, -0.15) is 4.98 Å². The summed E-state index contributed by atoms with van der Waals surface area (Å²) in [5, 5.41) is 8.98. The number of anilines is 1. The summed E-state index contributed by atoms with van der Waals surface area (Å²) in [4.78, 5) is 17.8. The first kappa shape index (κ1) is 27.5. The average molecular weight is 577 g/mol. The number of thioether (sulfide) groups is 1. The van der Waals surface area contributed by atoms with Gasteiger partial charge in [-0.1, -0.05) is 78.5 Å². The maximum Gasteiger partial charge on any atom is 0.338 e. The van der Waals surface area contributed by atoms with E-state index in [0.29, 0.717) is 51.1 Å². The highest BCUT2D eigenvalue weighted by Gasteiger charge is 2.35. The van der Waals surface area contributed by atoms with E-state index < -0.39 is 12.0 Å². The SMILES string of the molecule is C=CCOC(=O)C1=C(C)Nc2nc(SCc3ccccc3F)nn2C1c1ccc(OCc2ccc(Cl)cc2)cc1. The summed E-state index contributed by atoms with van der Waals surface area (Å²) < 4.78 is 27.2. The van der Waals surface area contributed by atoms with E-state index in [0.717, 1.165) is 11.1 Å². The Morgan fingerprint density at radius 2 is 1.90 bits per heavy atom. The zero-order chi connectivity index (χ0) is 28.1. The molecule has 1 aromatic heterocycles. The first-order chi connectivity index (χ1) is 19.4. The summed E-state index contributed by atoms with van der Waals surface area (Å²) in [6, 6.07) is 20.9. The molecule has 1 unspecified atom stereocenters. The van der Waals surface area contributed by atoms with E-state index in [1.807, 2.05) is 48.5 Å². The van der Waals surface area contributed by atoms with Gasteiger partial charge < -0.3 is 14.8 Å². The van der Waals surface area contributed by atoms with Crippen molar-refractivity contribution in [2.45, 2.75) is 30.5 Å². The second-order valence-electron chi connectivity index (χ2n) is 8.98. The summed E-state index contributed by atoms with van der Waals surface area (Å²) in [6.45, 7) is 5.89. The summed E-state index contributed by atoms with van der Waals surface area (Å²) in [5.41, 5.74) is 3.35. The molecule has 0 spiro atoms. The molecule has 0 radical (unpaired) electrons. The average Bonchev–Trinajstić information content (AvgIpc) is 3.37. The van der Waals surface area contributed by atoms with Gasteiger partial charge in [0, 0.05) is 16.5 Å². The van der Waals surface area contributed by atoms with Crippen LogP contribution in [0.25, 0.3) is 0 Å². The van der Waals surface area contributed by atoms with Gasteiger partial charge in [-0.05, 0) is 53.9 Å². The number of nitrogens with one attached hydrogen (secondary N) is 1. The van der Waals surface area contributed by atoms with E-state index in [4.69, 9.17) is 21.1 Å². The lowest BCUT2D eigenvalue weighted by atomic mass is 9.96. The Morgan fingerprint density at radius 1 is 1.15 bits per heavy atom. The highest BCUT2D eigenvalue weighted by molar-refractivity contribution is 7.98. The van der Waals surface area contributed by atoms with Gasteiger partial charge in [0.05, 0.1) is 5.57 Å². The van der Waals surface area contributed by atoms with Crippen molar-refractivity contribution in [3.8, 4) is 5.75 Å². The molecule has 0 bridgehead atoms. The van der Waals surface area contributed by atoms with E-state index in [1.165, 1.54) is 23.9 Å². The zero-order valence-electron chi connectivity index (χ0n) is 21.6. The Balaban J connectivity index is 1.41. The van der Waals surface area contributed by atoms with Gasteiger partial charge in [0.2, 0.25) is 11.1 Å². The molecule has 5 rings (SSSR count). The molecule has 1 atom stereocenters. The second kappa shape index (κ2) is 12.4. The van der Waals surface area contributed by atoms with Crippen molar-refractivity contribution in [2.75, 3.05) is 11.9 Å². The molecule has 7 nitrogen and oxygen atoms in total. The zero-order valence-corrected chi connectivity index (χ0v) is 23.2. The molecule has 1 aliphatic rings. The molecular weight excluding hydrogens is 551 g/mol. The normalized spacial score (nSPS) is 14.3. The predicted octanol–water partition coefficient (Wildman–Crippen LogP) is 6.96. The molecule has 0 amide bonds. The number of ether oxygens (including phenoxy) is 2. The fourth-order valence-electron chi connectivity index (χ4n) is 4.23. The number of allylic oxidation sites excluding steroid dienone is 1. The molecule has 4 aromatic rings. The van der Waals surface area contributed by atoms with Gasteiger partial charge in [0.15, 0.2) is 0 Å². The van der Waals surface area contributed by atoms with Crippen molar-refractivity contribution >= 4 is 35.3 Å². The van der Waals surface area contributed by atoms with E-state index in [9.17, 15) is 9.18 Å². The third kappa shape index (κ3) is 6.21. The third-order valence-electron chi connectivity index (χ3n) is 6.21. The standard InChI is InChI=1S/C30H26ClFN4O3S/c1-3-16-38-28(37)26-19(2)33-29-34-30(40-18-22-6-4-5-7-25(22)32)35-36(29)27(26)21-10-14-24(15-11-21)39-17-20-8-12-23(31)13-9-20/h3-15,27H,1,16-18H2,2H3,(H,33,34,35). The minimum atomic E-state index is -0.603. The molecule has 0 aliphatic carbocycles. The van der Waals surface area contributed by atoms with E-state index >= 15 is 0 Å². The topological polar surface area (TPSA) is 78.3 Å². The molecule has 204 valence electrons. The van der Waals surface area contributed by atoms with E-state index in [-0.39, 0.29) is 12.4 Å². The van der Waals surface area contributed by atoms with Crippen LogP contribution >= 0.6 is 23.4 Å². The molecule has 3 aromatic carbocycles. The van der Waals surface area contributed by atoms with Crippen LogP contribution in [0.5, 0.6) is 5.75 Å². The summed E-state index contributed by atoms with van der Waals surface area (Å²) in [5.74, 6) is 0.741. The van der Waals surface area contributed by atoms with Crippen LogP contribution in [0.1, 0.15) is 29.7 Å². The Hall–Kier alpha value is -4.08. The fourth-order valence-corrected chi connectivity index (χ4v) is 5.17. The van der Waals surface area contributed by atoms with Gasteiger partial charge in [-0.3, -0.25) is 0 Å². The van der Waals surface area contributed by atoms with Crippen LogP contribution in [0.3, 0.4) is 0 Å². The number of benzene rings is 3. The van der Waals surface area contributed by atoms with Crippen molar-refractivity contribution in [1.29, 1.82) is 0 Å². The molecule has 1 aliphatic heterocycles. The molecular formula is C30H26ClFN4O3S. The first-order valence-corrected chi connectivity index (χ1v) is 13.8. The molecule has 0 saturated carbocycles. The van der Waals surface area contributed by atoms with Gasteiger partial charge >= 0.3 is 5.97 Å². The van der Waals surface area contributed by atoms with Crippen LogP contribution in [0.2, 0.25) is 5.02 Å². The number of esters is 1. The number of hydrogen-bond donors (Lipinski definition) is 1. The molecule has 2 heterocycles. The maximum atomic E-state index is 14.1. The van der Waals surface area contributed by atoms with Crippen molar-refractivity contribution in [1.82, 2.24) is 14.8 Å². The first-order valence-electron chi connectivity index (χ1n) is 12.5. The van der Waals surface area contributed by atoms with Gasteiger partial charge in [-0.15, -0.1) is 5.10 Å². The molecule has 10 heteroatoms. The summed E-state index contributed by atoms with van der Waals surface area (Å²) in [7, 11) is 0. The largest absolute Gasteiger partial charge is 0.489 e. The smallest absolute Gasteiger partial charge is 0.338 e. The Bertz CT molecular complexity index is 1550. The quantitative estimate of drug-likeness (QED) is 0.124. The number of carbonyl (C=O) groups excluding carboxylic acids is 1. The van der Waals surface area contributed by atoms with Crippen LogP contribution in [-0.4, -0.2) is 27.3 Å². The lowest BCUT2D eigenvalue weighted by molar-refractivity contribution is -0.138. The number of aromatic nitrogens is 3. The van der Waals surface area contributed by atoms with Crippen molar-refractivity contribution in [2.24, 2.45) is 0 Å². The predicted molar refractivity (Wildman–Crippen MR) is 154 cm³/mol. The number of carbonyl (C=O) groups is 1. The minimum absolute atomic E-state index is 0.0771. The van der Waals surface area contributed by atoms with E-state index in [2.05, 4.69) is 22.0 Å². The number of fused-ring (bicyclic) bond motifs is 1. The highest BCUT2D eigenvalue weighted by atomic mass is 35.5. The van der Waals surface area contributed by atoms with Gasteiger partial charge in [-0.25, -0.2) is 13.9 Å². The minimum Gasteiger partial charge on any atom is -0.489 e. The van der Waals surface area contributed by atoms with Crippen molar-refractivity contribution < 1.29 is 18.7 Å². The van der Waals surface area contributed by atoms with E-state index in [1.54, 1.807) is 29.8 Å². The summed E-state index contributed by atoms with van der Waals surface area (Å²) >= 11 is 7.28. The fraction of sp³-hybridized carbons (Fsp3) is 0.167. The van der Waals surface area contributed by atoms with Gasteiger partial charge in [0.1, 0.15) is 30.8 Å². The monoisotopic (exact) mass is 576 g/mol. The second-order valence-corrected chi connectivity index (χ2v) is 10.4. The Morgan fingerprint density at radius 3 is 2.62 bits per heavy atom. The Labute approximate surface area is 240 Å². The van der Waals surface area contributed by atoms with Crippen LogP contribution in [0.4, 0.5) is 10.3 Å². The number of rotatable bonds is 10. The number of hydrogen-bond acceptors (Lipinski definition) is 7. The lowest BCUT2D eigenvalue weighted by Gasteiger charge is -2.28. The van der Waals surface area contributed by atoms with Crippen LogP contribution < -0.4 is 10.1 Å². The molecule has 40 heavy (non-hydrogen) atoms. The van der Waals surface area contributed by atoms with Crippen LogP contribution in [-0.2, 0) is 21.9 Å². The number of halogens is 2. The van der Waals surface area contributed by atoms with Crippen molar-refractivity contribution in [3.05, 3.63) is 124 Å². The molecule has 0 fully saturated rings. The van der Waals surface area contributed by atoms with Crippen LogP contribution in [0.15, 0.2) is 102 Å². The third-order valence-corrected chi connectivity index (χ3v) is 7.35. The summed E-state index contributed by atoms with van der Waals surface area (Å²) in [6.07, 6.45) is 1.52. The van der Waals surface area contributed by atoms with Crippen LogP contribution in [0, 0.1) is 5.82 Å². The Kier molecular flexibility index (Phi) is 8.52. The maximum absolute atomic E-state index is 14.1.